The van der Waals surface area contributed by atoms with E-state index in [-0.39, 0.29) is 0 Å². The van der Waals surface area contributed by atoms with Crippen molar-refractivity contribution in [3.05, 3.63) is 29.8 Å². The van der Waals surface area contributed by atoms with Gasteiger partial charge in [-0.05, 0) is 30.7 Å². The van der Waals surface area contributed by atoms with Crippen LogP contribution in [0.5, 0.6) is 0 Å². The molecule has 1 aromatic rings. The summed E-state index contributed by atoms with van der Waals surface area (Å²) in [7, 11) is 0. The molecule has 0 radical (unpaired) electrons. The van der Waals surface area contributed by atoms with E-state index in [2.05, 4.69) is 0 Å². The van der Waals surface area contributed by atoms with Crippen molar-refractivity contribution >= 4 is 23.4 Å². The molecule has 0 nitrogen and oxygen atoms in total. The van der Waals surface area contributed by atoms with Crippen LogP contribution in [0.1, 0.15) is 25.7 Å². The monoisotopic (exact) mass is 264 g/mol. The summed E-state index contributed by atoms with van der Waals surface area (Å²) >= 11 is 6.99. The largest absolute Gasteiger partial charge is 0.207 e. The third-order valence-electron chi connectivity index (χ3n) is 2.18. The maximum atomic E-state index is 13.2. The quantitative estimate of drug-likeness (QED) is 0.385. The molecule has 0 aliphatic carbocycles. The first-order chi connectivity index (χ1) is 7.74. The van der Waals surface area contributed by atoms with E-state index in [4.69, 9.17) is 11.6 Å². The Morgan fingerprint density at radius 2 is 1.81 bits per heavy atom. The summed E-state index contributed by atoms with van der Waals surface area (Å²) < 4.78 is 25.8. The van der Waals surface area contributed by atoms with E-state index in [1.165, 1.54) is 23.9 Å². The average Bonchev–Trinajstić information content (AvgIpc) is 2.26. The normalized spacial score (nSPS) is 10.7. The molecule has 0 saturated carbocycles. The van der Waals surface area contributed by atoms with Crippen LogP contribution in [-0.2, 0) is 0 Å². The Balaban J connectivity index is 2.21. The van der Waals surface area contributed by atoms with Crippen LogP contribution in [0.15, 0.2) is 23.1 Å². The van der Waals surface area contributed by atoms with Crippen LogP contribution < -0.4 is 0 Å². The molecule has 0 aromatic heterocycles. The van der Waals surface area contributed by atoms with E-state index in [1.807, 2.05) is 0 Å². The molecule has 0 N–H and O–H groups in total. The van der Waals surface area contributed by atoms with Crippen molar-refractivity contribution in [2.24, 2.45) is 0 Å². The lowest BCUT2D eigenvalue weighted by Gasteiger charge is -2.03. The summed E-state index contributed by atoms with van der Waals surface area (Å²) in [6.45, 7) is 0. The van der Waals surface area contributed by atoms with Crippen LogP contribution in [0.3, 0.4) is 0 Å². The predicted octanol–water partition coefficient (Wildman–Crippen LogP) is 4.86. The van der Waals surface area contributed by atoms with Crippen molar-refractivity contribution < 1.29 is 8.78 Å². The molecule has 0 saturated heterocycles. The van der Waals surface area contributed by atoms with E-state index in [0.29, 0.717) is 10.8 Å². The molecule has 0 atom stereocenters. The van der Waals surface area contributed by atoms with Gasteiger partial charge in [-0.3, -0.25) is 0 Å². The van der Waals surface area contributed by atoms with Crippen LogP contribution >= 0.6 is 23.4 Å². The van der Waals surface area contributed by atoms with E-state index in [0.717, 1.165) is 37.5 Å². The number of unbranched alkanes of at least 4 members (excludes halogenated alkanes) is 3. The predicted molar refractivity (Wildman–Crippen MR) is 66.3 cm³/mol. The van der Waals surface area contributed by atoms with Crippen molar-refractivity contribution in [2.45, 2.75) is 30.6 Å². The Hall–Kier alpha value is -0.280. The fourth-order valence-electron chi connectivity index (χ4n) is 1.32. The van der Waals surface area contributed by atoms with Gasteiger partial charge in [0.05, 0.1) is 0 Å². The minimum atomic E-state index is -0.524. The lowest BCUT2D eigenvalue weighted by atomic mass is 10.2. The molecule has 0 aliphatic heterocycles. The van der Waals surface area contributed by atoms with Gasteiger partial charge in [-0.1, -0.05) is 12.8 Å². The molecule has 0 aliphatic rings. The molecule has 0 unspecified atom stereocenters. The van der Waals surface area contributed by atoms with E-state index < -0.39 is 11.6 Å². The van der Waals surface area contributed by atoms with Crippen molar-refractivity contribution in [1.29, 1.82) is 0 Å². The molecule has 0 bridgehead atoms. The first-order valence-electron chi connectivity index (χ1n) is 5.38. The summed E-state index contributed by atoms with van der Waals surface area (Å²) in [5, 5.41) is 0. The zero-order valence-electron chi connectivity index (χ0n) is 9.02. The Morgan fingerprint density at radius 1 is 1.06 bits per heavy atom. The average molecular weight is 265 g/mol. The number of hydrogen-bond acceptors (Lipinski definition) is 1. The number of thioether (sulfide) groups is 1. The SMILES string of the molecule is Fc1ccc(SCCCCCCCl)c(F)c1. The minimum Gasteiger partial charge on any atom is -0.207 e. The van der Waals surface area contributed by atoms with E-state index in [9.17, 15) is 8.78 Å². The highest BCUT2D eigenvalue weighted by atomic mass is 35.5. The zero-order valence-corrected chi connectivity index (χ0v) is 10.6. The van der Waals surface area contributed by atoms with Gasteiger partial charge in [-0.2, -0.15) is 0 Å². The third-order valence-corrected chi connectivity index (χ3v) is 3.58. The lowest BCUT2D eigenvalue weighted by Crippen LogP contribution is -1.87. The Kier molecular flexibility index (Phi) is 6.81. The summed E-state index contributed by atoms with van der Waals surface area (Å²) in [5.74, 6) is 0.583. The van der Waals surface area contributed by atoms with Crippen LogP contribution in [0.25, 0.3) is 0 Å². The number of alkyl halides is 1. The Bertz CT molecular complexity index is 318. The molecule has 1 rings (SSSR count). The van der Waals surface area contributed by atoms with Gasteiger partial charge in [0.2, 0.25) is 0 Å². The lowest BCUT2D eigenvalue weighted by molar-refractivity contribution is 0.565. The van der Waals surface area contributed by atoms with E-state index in [1.54, 1.807) is 0 Å². The second-order valence-electron chi connectivity index (χ2n) is 3.53. The molecule has 0 heterocycles. The van der Waals surface area contributed by atoms with Crippen LogP contribution in [-0.4, -0.2) is 11.6 Å². The summed E-state index contributed by atoms with van der Waals surface area (Å²) in [6, 6.07) is 3.71. The summed E-state index contributed by atoms with van der Waals surface area (Å²) in [5.41, 5.74) is 0. The molecular weight excluding hydrogens is 250 g/mol. The van der Waals surface area contributed by atoms with E-state index >= 15 is 0 Å². The molecule has 16 heavy (non-hydrogen) atoms. The smallest absolute Gasteiger partial charge is 0.139 e. The zero-order chi connectivity index (χ0) is 11.8. The first kappa shape index (κ1) is 13.8. The van der Waals surface area contributed by atoms with Crippen molar-refractivity contribution in [3.63, 3.8) is 0 Å². The van der Waals surface area contributed by atoms with Gasteiger partial charge in [-0.15, -0.1) is 23.4 Å². The fraction of sp³-hybridized carbons (Fsp3) is 0.500. The van der Waals surface area contributed by atoms with Gasteiger partial charge in [0, 0.05) is 16.8 Å². The van der Waals surface area contributed by atoms with Gasteiger partial charge in [0.15, 0.2) is 0 Å². The highest BCUT2D eigenvalue weighted by molar-refractivity contribution is 7.99. The third kappa shape index (κ3) is 5.17. The Morgan fingerprint density at radius 3 is 2.50 bits per heavy atom. The topological polar surface area (TPSA) is 0 Å². The molecule has 1 aromatic carbocycles. The molecule has 4 heteroatoms. The highest BCUT2D eigenvalue weighted by Crippen LogP contribution is 2.23. The maximum absolute atomic E-state index is 13.2. The molecule has 90 valence electrons. The highest BCUT2D eigenvalue weighted by Gasteiger charge is 2.03. The van der Waals surface area contributed by atoms with Crippen LogP contribution in [0.2, 0.25) is 0 Å². The molecule has 0 amide bonds. The first-order valence-corrected chi connectivity index (χ1v) is 6.90. The van der Waals surface area contributed by atoms with Crippen LogP contribution in [0, 0.1) is 11.6 Å². The Labute approximate surface area is 104 Å². The van der Waals surface area contributed by atoms with Crippen molar-refractivity contribution in [2.75, 3.05) is 11.6 Å². The second-order valence-corrected chi connectivity index (χ2v) is 5.04. The fourth-order valence-corrected chi connectivity index (χ4v) is 2.44. The molecular formula is C12H15ClF2S. The van der Waals surface area contributed by atoms with Gasteiger partial charge in [0.25, 0.3) is 0 Å². The number of benzene rings is 1. The second kappa shape index (κ2) is 7.91. The summed E-state index contributed by atoms with van der Waals surface area (Å²) in [6.07, 6.45) is 4.31. The van der Waals surface area contributed by atoms with Gasteiger partial charge in [-0.25, -0.2) is 8.78 Å². The number of halogens is 3. The number of hydrogen-bond donors (Lipinski definition) is 0. The molecule has 0 fully saturated rings. The standard InChI is InChI=1S/C12H15ClF2S/c13-7-3-1-2-4-8-16-12-6-5-10(14)9-11(12)15/h5-6,9H,1-4,7-8H2. The summed E-state index contributed by atoms with van der Waals surface area (Å²) in [4.78, 5) is 0.527. The molecule has 0 spiro atoms. The maximum Gasteiger partial charge on any atom is 0.139 e. The van der Waals surface area contributed by atoms with Gasteiger partial charge >= 0.3 is 0 Å². The van der Waals surface area contributed by atoms with Crippen molar-refractivity contribution in [1.82, 2.24) is 0 Å². The number of rotatable bonds is 7. The van der Waals surface area contributed by atoms with Crippen LogP contribution in [0.4, 0.5) is 8.78 Å². The van der Waals surface area contributed by atoms with Crippen molar-refractivity contribution in [3.8, 4) is 0 Å². The van der Waals surface area contributed by atoms with Gasteiger partial charge < -0.3 is 0 Å². The van der Waals surface area contributed by atoms with Gasteiger partial charge in [0.1, 0.15) is 11.6 Å². The minimum absolute atomic E-state index is 0.467.